The molecule has 0 spiro atoms. The third kappa shape index (κ3) is 4.14. The van der Waals surface area contributed by atoms with Crippen molar-refractivity contribution in [1.29, 1.82) is 0 Å². The van der Waals surface area contributed by atoms with Gasteiger partial charge in [0.1, 0.15) is 11.6 Å². The third-order valence-electron chi connectivity index (χ3n) is 4.04. The Hall–Kier alpha value is -2.60. The Morgan fingerprint density at radius 2 is 2.19 bits per heavy atom. The molecule has 0 bridgehead atoms. The summed E-state index contributed by atoms with van der Waals surface area (Å²) in [5.74, 6) is 0.270. The van der Waals surface area contributed by atoms with Crippen molar-refractivity contribution in [1.82, 2.24) is 10.3 Å². The van der Waals surface area contributed by atoms with Crippen molar-refractivity contribution in [2.24, 2.45) is 0 Å². The predicted molar refractivity (Wildman–Crippen MR) is 105 cm³/mol. The number of amides is 1. The molecule has 26 heavy (non-hydrogen) atoms. The summed E-state index contributed by atoms with van der Waals surface area (Å²) in [6, 6.07) is 10.3. The fourth-order valence-corrected chi connectivity index (χ4v) is 3.18. The van der Waals surface area contributed by atoms with E-state index in [1.165, 1.54) is 18.2 Å². The number of H-pyrrole nitrogens is 1. The van der Waals surface area contributed by atoms with Crippen LogP contribution in [0.1, 0.15) is 11.1 Å². The molecule has 0 aliphatic heterocycles. The highest BCUT2D eigenvalue weighted by atomic mass is 79.9. The van der Waals surface area contributed by atoms with Crippen molar-refractivity contribution in [3.63, 3.8) is 0 Å². The van der Waals surface area contributed by atoms with E-state index in [-0.39, 0.29) is 11.7 Å². The van der Waals surface area contributed by atoms with Crippen molar-refractivity contribution < 1.29 is 13.9 Å². The van der Waals surface area contributed by atoms with Gasteiger partial charge >= 0.3 is 0 Å². The van der Waals surface area contributed by atoms with Crippen LogP contribution >= 0.6 is 15.9 Å². The topological polar surface area (TPSA) is 54.1 Å². The zero-order chi connectivity index (χ0) is 18.5. The summed E-state index contributed by atoms with van der Waals surface area (Å²) in [5, 5.41) is 3.79. The highest BCUT2D eigenvalue weighted by Gasteiger charge is 2.06. The average Bonchev–Trinajstić information content (AvgIpc) is 3.06. The van der Waals surface area contributed by atoms with Gasteiger partial charge in [-0.2, -0.15) is 0 Å². The van der Waals surface area contributed by atoms with Crippen LogP contribution in [0.4, 0.5) is 4.39 Å². The summed E-state index contributed by atoms with van der Waals surface area (Å²) in [5.41, 5.74) is 2.62. The first kappa shape index (κ1) is 18.2. The maximum absolute atomic E-state index is 13.3. The Balaban J connectivity index is 1.61. The van der Waals surface area contributed by atoms with Gasteiger partial charge < -0.3 is 15.0 Å². The van der Waals surface area contributed by atoms with Crippen LogP contribution in [0.5, 0.6) is 5.75 Å². The van der Waals surface area contributed by atoms with Gasteiger partial charge in [0.05, 0.1) is 12.6 Å². The van der Waals surface area contributed by atoms with Crippen molar-refractivity contribution in [2.75, 3.05) is 13.7 Å². The summed E-state index contributed by atoms with van der Waals surface area (Å²) in [6.45, 7) is 0.424. The van der Waals surface area contributed by atoms with Crippen LogP contribution in [-0.2, 0) is 11.2 Å². The lowest BCUT2D eigenvalue weighted by Crippen LogP contribution is -2.23. The Morgan fingerprint density at radius 3 is 3.00 bits per heavy atom. The fraction of sp³-hybridized carbons (Fsp3) is 0.150. The Labute approximate surface area is 159 Å². The number of halogens is 2. The van der Waals surface area contributed by atoms with Gasteiger partial charge in [-0.3, -0.25) is 4.79 Å². The number of aromatic amines is 1. The number of nitrogens with one attached hydrogen (secondary N) is 2. The van der Waals surface area contributed by atoms with Gasteiger partial charge in [-0.05, 0) is 42.3 Å². The first-order chi connectivity index (χ1) is 12.6. The molecule has 0 atom stereocenters. The Morgan fingerprint density at radius 1 is 1.35 bits per heavy atom. The predicted octanol–water partition coefficient (Wildman–Crippen LogP) is 4.45. The highest BCUT2D eigenvalue weighted by Crippen LogP contribution is 2.27. The van der Waals surface area contributed by atoms with Gasteiger partial charge in [0.15, 0.2) is 0 Å². The van der Waals surface area contributed by atoms with Gasteiger partial charge in [-0.15, -0.1) is 0 Å². The third-order valence-corrected chi connectivity index (χ3v) is 4.82. The minimum atomic E-state index is -0.288. The lowest BCUT2D eigenvalue weighted by atomic mass is 10.1. The molecule has 134 valence electrons. The maximum Gasteiger partial charge on any atom is 0.244 e. The van der Waals surface area contributed by atoms with Crippen LogP contribution in [0.3, 0.4) is 0 Å². The number of benzene rings is 2. The number of carbonyl (C=O) groups excluding carboxylic acids is 1. The van der Waals surface area contributed by atoms with E-state index >= 15 is 0 Å². The molecule has 0 radical (unpaired) electrons. The molecule has 3 aromatic rings. The van der Waals surface area contributed by atoms with Crippen LogP contribution < -0.4 is 10.1 Å². The molecule has 0 aliphatic carbocycles. The second-order valence-electron chi connectivity index (χ2n) is 5.74. The number of methoxy groups -OCH3 is 1. The van der Waals surface area contributed by atoms with Crippen molar-refractivity contribution in [3.8, 4) is 5.75 Å². The molecule has 2 N–H and O–H groups in total. The molecule has 0 unspecified atom stereocenters. The molecule has 1 heterocycles. The summed E-state index contributed by atoms with van der Waals surface area (Å²) in [6.07, 6.45) is 5.62. The lowest BCUT2D eigenvalue weighted by Gasteiger charge is -2.05. The zero-order valence-corrected chi connectivity index (χ0v) is 15.8. The van der Waals surface area contributed by atoms with Gasteiger partial charge in [0.25, 0.3) is 0 Å². The van der Waals surface area contributed by atoms with Gasteiger partial charge in [0, 0.05) is 34.2 Å². The zero-order valence-electron chi connectivity index (χ0n) is 14.2. The standard InChI is InChI=1S/C20H18BrFN2O2/c1-26-18-4-2-3-16-14(12-24-20(16)18)5-8-19(25)23-10-9-13-11-15(22)6-7-17(13)21/h2-8,11-12,24H,9-10H2,1H3,(H,23,25)/b8-5+. The number of aromatic nitrogens is 1. The summed E-state index contributed by atoms with van der Waals surface area (Å²) >= 11 is 3.38. The van der Waals surface area contributed by atoms with E-state index in [2.05, 4.69) is 26.2 Å². The second-order valence-corrected chi connectivity index (χ2v) is 6.59. The molecule has 4 nitrogen and oxygen atoms in total. The maximum atomic E-state index is 13.3. The first-order valence-corrected chi connectivity index (χ1v) is 8.91. The first-order valence-electron chi connectivity index (χ1n) is 8.12. The summed E-state index contributed by atoms with van der Waals surface area (Å²) in [4.78, 5) is 15.2. The van der Waals surface area contributed by atoms with Crippen molar-refractivity contribution >= 4 is 38.8 Å². The number of hydrogen-bond acceptors (Lipinski definition) is 2. The molecule has 0 aliphatic rings. The average molecular weight is 417 g/mol. The van der Waals surface area contributed by atoms with Gasteiger partial charge in [0.2, 0.25) is 5.91 Å². The highest BCUT2D eigenvalue weighted by molar-refractivity contribution is 9.10. The molecule has 6 heteroatoms. The number of fused-ring (bicyclic) bond motifs is 1. The van der Waals surface area contributed by atoms with E-state index < -0.39 is 0 Å². The van der Waals surface area contributed by atoms with Crippen LogP contribution in [0.25, 0.3) is 17.0 Å². The molecule has 2 aromatic carbocycles. The quantitative estimate of drug-likeness (QED) is 0.583. The van der Waals surface area contributed by atoms with Gasteiger partial charge in [-0.1, -0.05) is 28.1 Å². The minimum Gasteiger partial charge on any atom is -0.495 e. The fourth-order valence-electron chi connectivity index (χ4n) is 2.74. The minimum absolute atomic E-state index is 0.199. The molecule has 0 fully saturated rings. The molecule has 0 saturated carbocycles. The smallest absolute Gasteiger partial charge is 0.244 e. The molecule has 0 saturated heterocycles. The van der Waals surface area contributed by atoms with E-state index in [0.717, 1.165) is 32.3 Å². The summed E-state index contributed by atoms with van der Waals surface area (Å²) < 4.78 is 19.4. The molecule has 1 aromatic heterocycles. The largest absolute Gasteiger partial charge is 0.495 e. The lowest BCUT2D eigenvalue weighted by molar-refractivity contribution is -0.116. The normalized spacial score (nSPS) is 11.2. The number of para-hydroxylation sites is 1. The van der Waals surface area contributed by atoms with Crippen molar-refractivity contribution in [3.05, 3.63) is 70.1 Å². The second kappa shape index (κ2) is 8.19. The van der Waals surface area contributed by atoms with E-state index in [0.29, 0.717) is 13.0 Å². The van der Waals surface area contributed by atoms with Crippen LogP contribution in [0, 0.1) is 5.82 Å². The number of carbonyl (C=O) groups is 1. The molecule has 3 rings (SSSR count). The van der Waals surface area contributed by atoms with E-state index in [1.807, 2.05) is 24.4 Å². The van der Waals surface area contributed by atoms with E-state index in [1.54, 1.807) is 19.3 Å². The van der Waals surface area contributed by atoms with Gasteiger partial charge in [-0.25, -0.2) is 4.39 Å². The monoisotopic (exact) mass is 416 g/mol. The number of ether oxygens (including phenoxy) is 1. The SMILES string of the molecule is COc1cccc2c(/C=C/C(=O)NCCc3cc(F)ccc3Br)c[nH]c12. The Kier molecular flexibility index (Phi) is 5.73. The number of rotatable bonds is 6. The van der Waals surface area contributed by atoms with E-state index in [4.69, 9.17) is 4.74 Å². The van der Waals surface area contributed by atoms with E-state index in [9.17, 15) is 9.18 Å². The van der Waals surface area contributed by atoms with Crippen LogP contribution in [0.15, 0.2) is 53.1 Å². The molecular formula is C20H18BrFN2O2. The Bertz CT molecular complexity index is 966. The van der Waals surface area contributed by atoms with Crippen LogP contribution in [0.2, 0.25) is 0 Å². The van der Waals surface area contributed by atoms with Crippen LogP contribution in [-0.4, -0.2) is 24.5 Å². The summed E-state index contributed by atoms with van der Waals surface area (Å²) in [7, 11) is 1.62. The molecular weight excluding hydrogens is 399 g/mol. The van der Waals surface area contributed by atoms with Crippen molar-refractivity contribution in [2.45, 2.75) is 6.42 Å². The number of hydrogen-bond donors (Lipinski definition) is 2. The molecule has 1 amide bonds.